The van der Waals surface area contributed by atoms with Crippen LogP contribution < -0.4 is 5.32 Å². The molecule has 0 bridgehead atoms. The van der Waals surface area contributed by atoms with E-state index in [-0.39, 0.29) is 17.5 Å². The largest absolute Gasteiger partial charge is 0.374 e. The molecule has 1 aromatic carbocycles. The number of benzene rings is 1. The van der Waals surface area contributed by atoms with Crippen LogP contribution in [0.3, 0.4) is 0 Å². The highest BCUT2D eigenvalue weighted by molar-refractivity contribution is 5.24. The summed E-state index contributed by atoms with van der Waals surface area (Å²) in [6.45, 7) is 11.3. The lowest BCUT2D eigenvalue weighted by Crippen LogP contribution is -2.35. The van der Waals surface area contributed by atoms with Gasteiger partial charge in [-0.05, 0) is 52.3 Å². The molecule has 0 spiro atoms. The summed E-state index contributed by atoms with van der Waals surface area (Å²) >= 11 is 0. The smallest absolute Gasteiger partial charge is 0.128 e. The molecule has 0 heterocycles. The molecule has 1 aromatic rings. The molecule has 18 heavy (non-hydrogen) atoms. The van der Waals surface area contributed by atoms with E-state index in [1.807, 2.05) is 26.0 Å². The zero-order valence-corrected chi connectivity index (χ0v) is 12.0. The Labute approximate surface area is 110 Å². The number of nitrogens with one attached hydrogen (secondary N) is 1. The van der Waals surface area contributed by atoms with Crippen LogP contribution in [0.15, 0.2) is 18.2 Å². The SMILES string of the molecule is CC(C)OCc1cc(CNC(C)(C)C)ccc1F. The van der Waals surface area contributed by atoms with Crippen molar-refractivity contribution in [2.24, 2.45) is 0 Å². The van der Waals surface area contributed by atoms with E-state index in [0.29, 0.717) is 12.2 Å². The first kappa shape index (κ1) is 15.1. The summed E-state index contributed by atoms with van der Waals surface area (Å²) in [5, 5.41) is 3.39. The summed E-state index contributed by atoms with van der Waals surface area (Å²) in [4.78, 5) is 0. The molecular formula is C15H24FNO. The molecule has 2 nitrogen and oxygen atoms in total. The van der Waals surface area contributed by atoms with Crippen molar-refractivity contribution >= 4 is 0 Å². The van der Waals surface area contributed by atoms with Crippen LogP contribution in [0.1, 0.15) is 45.7 Å². The van der Waals surface area contributed by atoms with Crippen LogP contribution in [-0.4, -0.2) is 11.6 Å². The highest BCUT2D eigenvalue weighted by Crippen LogP contribution is 2.13. The Balaban J connectivity index is 2.68. The molecule has 0 aliphatic carbocycles. The zero-order chi connectivity index (χ0) is 13.8. The van der Waals surface area contributed by atoms with Crippen molar-refractivity contribution in [2.45, 2.75) is 59.4 Å². The van der Waals surface area contributed by atoms with Gasteiger partial charge in [0.15, 0.2) is 0 Å². The van der Waals surface area contributed by atoms with Gasteiger partial charge in [-0.15, -0.1) is 0 Å². The lowest BCUT2D eigenvalue weighted by Gasteiger charge is -2.21. The van der Waals surface area contributed by atoms with Crippen molar-refractivity contribution in [3.8, 4) is 0 Å². The Bertz CT molecular complexity index is 383. The van der Waals surface area contributed by atoms with E-state index in [0.717, 1.165) is 12.1 Å². The third-order valence-electron chi connectivity index (χ3n) is 2.51. The van der Waals surface area contributed by atoms with Crippen LogP contribution in [0.2, 0.25) is 0 Å². The predicted molar refractivity (Wildman–Crippen MR) is 72.9 cm³/mol. The molecule has 0 fully saturated rings. The maximum atomic E-state index is 13.6. The van der Waals surface area contributed by atoms with Crippen molar-refractivity contribution in [2.75, 3.05) is 0 Å². The van der Waals surface area contributed by atoms with Crippen LogP contribution in [0.4, 0.5) is 4.39 Å². The highest BCUT2D eigenvalue weighted by Gasteiger charge is 2.10. The molecule has 0 unspecified atom stereocenters. The van der Waals surface area contributed by atoms with E-state index < -0.39 is 0 Å². The van der Waals surface area contributed by atoms with Crippen LogP contribution in [0.5, 0.6) is 0 Å². The number of ether oxygens (including phenoxy) is 1. The first-order chi connectivity index (χ1) is 8.28. The monoisotopic (exact) mass is 253 g/mol. The summed E-state index contributed by atoms with van der Waals surface area (Å²) < 4.78 is 19.0. The molecule has 0 aliphatic rings. The molecule has 102 valence electrons. The molecule has 3 heteroatoms. The third kappa shape index (κ3) is 5.61. The minimum atomic E-state index is -0.199. The first-order valence-electron chi connectivity index (χ1n) is 6.42. The Morgan fingerprint density at radius 3 is 2.50 bits per heavy atom. The van der Waals surface area contributed by atoms with E-state index in [1.165, 1.54) is 6.07 Å². The quantitative estimate of drug-likeness (QED) is 0.865. The molecule has 1 rings (SSSR count). The van der Waals surface area contributed by atoms with Gasteiger partial charge < -0.3 is 10.1 Å². The van der Waals surface area contributed by atoms with Gasteiger partial charge >= 0.3 is 0 Å². The summed E-state index contributed by atoms with van der Waals surface area (Å²) in [6, 6.07) is 5.20. The Kier molecular flexibility index (Phi) is 5.29. The number of rotatable bonds is 5. The topological polar surface area (TPSA) is 21.3 Å². The van der Waals surface area contributed by atoms with E-state index in [1.54, 1.807) is 0 Å². The molecule has 0 aliphatic heterocycles. The molecular weight excluding hydrogens is 229 g/mol. The minimum Gasteiger partial charge on any atom is -0.374 e. The zero-order valence-electron chi connectivity index (χ0n) is 12.0. The third-order valence-corrected chi connectivity index (χ3v) is 2.51. The number of hydrogen-bond donors (Lipinski definition) is 1. The molecule has 0 aromatic heterocycles. The van der Waals surface area contributed by atoms with Gasteiger partial charge in [0, 0.05) is 17.6 Å². The summed E-state index contributed by atoms with van der Waals surface area (Å²) in [5.74, 6) is -0.199. The van der Waals surface area contributed by atoms with Crippen molar-refractivity contribution in [3.05, 3.63) is 35.1 Å². The van der Waals surface area contributed by atoms with Gasteiger partial charge in [0.1, 0.15) is 5.82 Å². The maximum absolute atomic E-state index is 13.6. The van der Waals surface area contributed by atoms with Gasteiger partial charge in [-0.25, -0.2) is 4.39 Å². The van der Waals surface area contributed by atoms with Crippen LogP contribution >= 0.6 is 0 Å². The fraction of sp³-hybridized carbons (Fsp3) is 0.600. The van der Waals surface area contributed by atoms with Gasteiger partial charge in [-0.3, -0.25) is 0 Å². The molecule has 0 saturated heterocycles. The van der Waals surface area contributed by atoms with Crippen molar-refractivity contribution < 1.29 is 9.13 Å². The first-order valence-corrected chi connectivity index (χ1v) is 6.42. The van der Waals surface area contributed by atoms with Crippen molar-refractivity contribution in [1.82, 2.24) is 5.32 Å². The fourth-order valence-electron chi connectivity index (χ4n) is 1.47. The second kappa shape index (κ2) is 6.30. The van der Waals surface area contributed by atoms with Crippen molar-refractivity contribution in [3.63, 3.8) is 0 Å². The lowest BCUT2D eigenvalue weighted by atomic mass is 10.1. The van der Waals surface area contributed by atoms with E-state index in [4.69, 9.17) is 4.74 Å². The van der Waals surface area contributed by atoms with Crippen molar-refractivity contribution in [1.29, 1.82) is 0 Å². The predicted octanol–water partition coefficient (Wildman–Crippen LogP) is 3.64. The van der Waals surface area contributed by atoms with E-state index in [9.17, 15) is 4.39 Å². The number of halogens is 1. The standard InChI is InChI=1S/C15H24FNO/c1-11(2)18-10-13-8-12(6-7-14(13)16)9-17-15(3,4)5/h6-8,11,17H,9-10H2,1-5H3. The normalized spacial score (nSPS) is 12.2. The van der Waals surface area contributed by atoms with Gasteiger partial charge in [-0.2, -0.15) is 0 Å². The van der Waals surface area contributed by atoms with E-state index >= 15 is 0 Å². The molecule has 0 radical (unpaired) electrons. The summed E-state index contributed by atoms with van der Waals surface area (Å²) in [7, 11) is 0. The van der Waals surface area contributed by atoms with Crippen LogP contribution in [0, 0.1) is 5.82 Å². The van der Waals surface area contributed by atoms with E-state index in [2.05, 4.69) is 26.1 Å². The highest BCUT2D eigenvalue weighted by atomic mass is 19.1. The van der Waals surface area contributed by atoms with Gasteiger partial charge in [-0.1, -0.05) is 6.07 Å². The Morgan fingerprint density at radius 2 is 1.94 bits per heavy atom. The molecule has 0 amide bonds. The average molecular weight is 253 g/mol. The second-order valence-corrected chi connectivity index (χ2v) is 5.89. The molecule has 0 atom stereocenters. The maximum Gasteiger partial charge on any atom is 0.128 e. The van der Waals surface area contributed by atoms with Gasteiger partial charge in [0.05, 0.1) is 12.7 Å². The number of hydrogen-bond acceptors (Lipinski definition) is 2. The van der Waals surface area contributed by atoms with Crippen LogP contribution in [-0.2, 0) is 17.9 Å². The minimum absolute atomic E-state index is 0.0585. The summed E-state index contributed by atoms with van der Waals surface area (Å²) in [5.41, 5.74) is 1.76. The molecule has 1 N–H and O–H groups in total. The van der Waals surface area contributed by atoms with Gasteiger partial charge in [0.2, 0.25) is 0 Å². The Hall–Kier alpha value is -0.930. The fourth-order valence-corrected chi connectivity index (χ4v) is 1.47. The second-order valence-electron chi connectivity index (χ2n) is 5.89. The molecule has 0 saturated carbocycles. The Morgan fingerprint density at radius 1 is 1.28 bits per heavy atom. The van der Waals surface area contributed by atoms with Gasteiger partial charge in [0.25, 0.3) is 0 Å². The average Bonchev–Trinajstić information content (AvgIpc) is 2.25. The van der Waals surface area contributed by atoms with Crippen LogP contribution in [0.25, 0.3) is 0 Å². The lowest BCUT2D eigenvalue weighted by molar-refractivity contribution is 0.0639. The summed E-state index contributed by atoms with van der Waals surface area (Å²) in [6.07, 6.45) is 0.112.